The van der Waals surface area contributed by atoms with Crippen LogP contribution in [0.15, 0.2) is 200 Å². The molecule has 0 unspecified atom stereocenters. The maximum absolute atomic E-state index is 12.8. The van der Waals surface area contributed by atoms with Crippen molar-refractivity contribution in [1.29, 1.82) is 0 Å². The van der Waals surface area contributed by atoms with Gasteiger partial charge in [0.05, 0.1) is 28.0 Å². The highest BCUT2D eigenvalue weighted by atomic mass is 16.3. The van der Waals surface area contributed by atoms with Gasteiger partial charge in [-0.05, 0) is 171 Å². The number of aromatic hydroxyl groups is 1. The van der Waals surface area contributed by atoms with Gasteiger partial charge in [-0.3, -0.25) is 9.55 Å². The van der Waals surface area contributed by atoms with E-state index in [1.54, 1.807) is 0 Å². The molecule has 2 heterocycles. The molecule has 0 amide bonds. The van der Waals surface area contributed by atoms with E-state index in [0.717, 1.165) is 120 Å². The summed E-state index contributed by atoms with van der Waals surface area (Å²) < 4.78 is 40.3. The Labute approximate surface area is 468 Å². The third kappa shape index (κ3) is 10.4. The maximum atomic E-state index is 12.8. The van der Waals surface area contributed by atoms with Gasteiger partial charge in [0.2, 0.25) is 0 Å². The number of nitrogens with zero attached hydrogens (tertiary/aromatic N) is 3. The van der Waals surface area contributed by atoms with Crippen LogP contribution in [0.4, 0.5) is 0 Å². The molecule has 8 aromatic carbocycles. The van der Waals surface area contributed by atoms with Crippen molar-refractivity contribution in [2.24, 2.45) is 5.92 Å². The van der Waals surface area contributed by atoms with E-state index in [0.29, 0.717) is 42.6 Å². The minimum Gasteiger partial charge on any atom is -0.507 e. The lowest BCUT2D eigenvalue weighted by atomic mass is 9.76. The Kier molecular flexibility index (Phi) is 12.6. The fourth-order valence-electron chi connectivity index (χ4n) is 11.9. The van der Waals surface area contributed by atoms with Crippen LogP contribution in [0.3, 0.4) is 0 Å². The first-order valence-electron chi connectivity index (χ1n) is 30.2. The van der Waals surface area contributed by atoms with E-state index in [1.807, 2.05) is 79.0 Å². The number of pyridine rings is 1. The number of phenolic OH excluding ortho intramolecular Hbond substituents is 1. The lowest BCUT2D eigenvalue weighted by molar-refractivity contribution is 0.396. The fraction of sp³-hybridized carbons (Fsp3) is 0.270. The highest BCUT2D eigenvalue weighted by Crippen LogP contribution is 2.47. The molecule has 4 heteroatoms. The molecule has 0 atom stereocenters. The Balaban J connectivity index is 1.01. The number of fused-ring (bicyclic) bond motifs is 1. The monoisotopic (exact) mass is 1020 g/mol. The van der Waals surface area contributed by atoms with Crippen molar-refractivity contribution >= 4 is 11.0 Å². The van der Waals surface area contributed by atoms with Gasteiger partial charge in [0, 0.05) is 33.9 Å². The molecule has 10 aromatic rings. The summed E-state index contributed by atoms with van der Waals surface area (Å²) >= 11 is 0. The van der Waals surface area contributed by atoms with Crippen molar-refractivity contribution in [3.63, 3.8) is 0 Å². The zero-order chi connectivity index (χ0) is 57.2. The summed E-state index contributed by atoms with van der Waals surface area (Å²) in [6.45, 7) is 13.3. The average Bonchev–Trinajstić information content (AvgIpc) is 4.37. The molecular formula is C74H73N3O. The number of aromatic nitrogens is 3. The molecule has 2 fully saturated rings. The number of rotatable bonds is 11. The van der Waals surface area contributed by atoms with E-state index in [-0.39, 0.29) is 22.5 Å². The van der Waals surface area contributed by atoms with Crippen LogP contribution >= 0.6 is 0 Å². The molecule has 2 aromatic heterocycles. The van der Waals surface area contributed by atoms with Gasteiger partial charge in [-0.15, -0.1) is 0 Å². The molecule has 0 aliphatic heterocycles. The lowest BCUT2D eigenvalue weighted by Crippen LogP contribution is -2.12. The first kappa shape index (κ1) is 46.3. The summed E-state index contributed by atoms with van der Waals surface area (Å²) in [6.07, 6.45) is 6.76. The van der Waals surface area contributed by atoms with Gasteiger partial charge in [0.25, 0.3) is 0 Å². The van der Waals surface area contributed by atoms with Gasteiger partial charge < -0.3 is 5.11 Å². The molecular weight excluding hydrogens is 947 g/mol. The van der Waals surface area contributed by atoms with Crippen LogP contribution in [0.1, 0.15) is 138 Å². The second-order valence-electron chi connectivity index (χ2n) is 23.8. The van der Waals surface area contributed by atoms with Crippen LogP contribution in [0.2, 0.25) is 0 Å². The van der Waals surface area contributed by atoms with Gasteiger partial charge in [0.15, 0.2) is 0 Å². The van der Waals surface area contributed by atoms with Gasteiger partial charge in [-0.1, -0.05) is 207 Å². The second kappa shape index (κ2) is 21.2. The molecule has 390 valence electrons. The zero-order valence-electron chi connectivity index (χ0n) is 50.1. The predicted octanol–water partition coefficient (Wildman–Crippen LogP) is 19.9. The van der Waals surface area contributed by atoms with E-state index < -0.39 is 18.2 Å². The Hall–Kier alpha value is -7.82. The summed E-state index contributed by atoms with van der Waals surface area (Å²) in [5, 5.41) is 12.8. The molecule has 78 heavy (non-hydrogen) atoms. The molecule has 2 aliphatic carbocycles. The van der Waals surface area contributed by atoms with Gasteiger partial charge in [0.1, 0.15) is 11.6 Å². The largest absolute Gasteiger partial charge is 0.507 e. The maximum Gasteiger partial charge on any atom is 0.149 e. The Morgan fingerprint density at radius 2 is 1.09 bits per heavy atom. The van der Waals surface area contributed by atoms with Crippen molar-refractivity contribution in [2.75, 3.05) is 0 Å². The number of phenols is 1. The summed E-state index contributed by atoms with van der Waals surface area (Å²) in [6, 6.07) is 66.7. The Morgan fingerprint density at radius 3 is 1.74 bits per heavy atom. The van der Waals surface area contributed by atoms with Crippen LogP contribution < -0.4 is 0 Å². The zero-order valence-corrected chi connectivity index (χ0v) is 46.1. The van der Waals surface area contributed by atoms with E-state index in [9.17, 15) is 10.6 Å². The number of imidazole rings is 1. The van der Waals surface area contributed by atoms with Gasteiger partial charge in [-0.2, -0.15) is 0 Å². The third-order valence-corrected chi connectivity index (χ3v) is 16.5. The lowest BCUT2D eigenvalue weighted by Gasteiger charge is -2.29. The Bertz CT molecular complexity index is 3950. The second-order valence-corrected chi connectivity index (χ2v) is 23.8. The minimum absolute atomic E-state index is 0.0582. The molecule has 0 saturated heterocycles. The predicted molar refractivity (Wildman–Crippen MR) is 327 cm³/mol. The average molecular weight is 1020 g/mol. The Morgan fingerprint density at radius 1 is 0.500 bits per heavy atom. The van der Waals surface area contributed by atoms with E-state index in [2.05, 4.69) is 167 Å². The van der Waals surface area contributed by atoms with Crippen molar-refractivity contribution < 1.29 is 10.6 Å². The smallest absolute Gasteiger partial charge is 0.149 e. The fourth-order valence-corrected chi connectivity index (χ4v) is 11.9. The van der Waals surface area contributed by atoms with Crippen LogP contribution in [0.25, 0.3) is 83.9 Å². The highest BCUT2D eigenvalue weighted by molar-refractivity contribution is 5.98. The van der Waals surface area contributed by atoms with Crippen LogP contribution in [-0.4, -0.2) is 19.6 Å². The van der Waals surface area contributed by atoms with E-state index in [4.69, 9.17) is 9.97 Å². The summed E-state index contributed by atoms with van der Waals surface area (Å²) in [5.74, 6) is -0.746. The van der Waals surface area contributed by atoms with Crippen molar-refractivity contribution in [1.82, 2.24) is 14.5 Å². The minimum atomic E-state index is -1.52. The molecule has 0 bridgehead atoms. The summed E-state index contributed by atoms with van der Waals surface area (Å²) in [4.78, 5) is 10.8. The molecule has 4 nitrogen and oxygen atoms in total. The molecule has 2 saturated carbocycles. The standard InChI is InChI=1S/C74H73N3O/c1-73(2,3)61-44-59(43-60(45-61)67-46-58(39-40-75-67)55-36-34-54(35-37-55)53-32-30-52(31-33-53)51-21-10-7-11-22-51)63-27-18-28-69-70(63)76-72(66-48-62(74(4,5)6)47-65(71(66)78)57-25-14-9-15-26-57)77(69)68-38-29-50(41-49-19-16-17-20-49)42-64(68)56-23-12-8-13-24-56/h7-15,18,21-29,34-40,42-49,52-53,78H,16-17,19-20,30-33,41H2,1-6H3/i41D2,52D,53D. The number of hydrogen-bond donors (Lipinski definition) is 1. The molecule has 1 N–H and O–H groups in total. The molecule has 0 radical (unpaired) electrons. The molecule has 12 rings (SSSR count). The van der Waals surface area contributed by atoms with Crippen molar-refractivity contribution in [3.8, 4) is 78.6 Å². The van der Waals surface area contributed by atoms with Crippen LogP contribution in [0, 0.1) is 5.92 Å². The quantitative estimate of drug-likeness (QED) is 0.140. The van der Waals surface area contributed by atoms with Gasteiger partial charge >= 0.3 is 0 Å². The SMILES string of the molecule is [2H]C1(c2ccccc2)CCC([2H])(c2ccc(-c3ccnc(-c4cc(-c5cccc6c5nc(-c5cc(C(C)(C)C)cc(-c7ccccc7)c5O)n6-c5ccc(C([2H])([2H])C6CCCC6)cc5-c5ccccc5)cc(C(C)(C)C)c4)c3)cc2)CC1. The van der Waals surface area contributed by atoms with Crippen LogP contribution in [0.5, 0.6) is 5.75 Å². The summed E-state index contributed by atoms with van der Waals surface area (Å²) in [7, 11) is 0. The number of benzene rings is 8. The molecule has 2 aliphatic rings. The first-order valence-corrected chi connectivity index (χ1v) is 28.2. The number of hydrogen-bond acceptors (Lipinski definition) is 3. The topological polar surface area (TPSA) is 50.9 Å². The first-order chi connectivity index (χ1) is 39.3. The third-order valence-electron chi connectivity index (χ3n) is 16.5. The molecule has 0 spiro atoms. The highest BCUT2D eigenvalue weighted by Gasteiger charge is 2.29. The van der Waals surface area contributed by atoms with Crippen molar-refractivity contribution in [2.45, 2.75) is 122 Å². The van der Waals surface area contributed by atoms with Crippen molar-refractivity contribution in [3.05, 3.63) is 228 Å². The van der Waals surface area contributed by atoms with Gasteiger partial charge in [-0.25, -0.2) is 4.98 Å². The summed E-state index contributed by atoms with van der Waals surface area (Å²) in [5.41, 5.74) is 16.7. The normalized spacial score (nSPS) is 19.1. The van der Waals surface area contributed by atoms with E-state index in [1.165, 1.54) is 0 Å². The number of para-hydroxylation sites is 1. The van der Waals surface area contributed by atoms with E-state index >= 15 is 0 Å². The van der Waals surface area contributed by atoms with Crippen LogP contribution in [-0.2, 0) is 17.2 Å².